The van der Waals surface area contributed by atoms with Crippen LogP contribution in [0, 0.1) is 0 Å². The van der Waals surface area contributed by atoms with E-state index in [-0.39, 0.29) is 17.4 Å². The van der Waals surface area contributed by atoms with Gasteiger partial charge < -0.3 is 20.7 Å². The molecule has 3 N–H and O–H groups in total. The Kier molecular flexibility index (Phi) is 9.47. The smallest absolute Gasteiger partial charge is 0.272 e. The second kappa shape index (κ2) is 13.6. The maximum absolute atomic E-state index is 13.4. The third kappa shape index (κ3) is 8.05. The molecule has 196 valence electrons. The zero-order valence-electron chi connectivity index (χ0n) is 21.1. The predicted molar refractivity (Wildman–Crippen MR) is 154 cm³/mol. The summed E-state index contributed by atoms with van der Waals surface area (Å²) in [5, 5.41) is 8.30. The first kappa shape index (κ1) is 27.2. The molecule has 0 aliphatic heterocycles. The molecule has 4 rings (SSSR count). The van der Waals surface area contributed by atoms with Crippen molar-refractivity contribution in [1.29, 1.82) is 0 Å². The zero-order chi connectivity index (χ0) is 27.5. The highest BCUT2D eigenvalue weighted by Crippen LogP contribution is 2.23. The van der Waals surface area contributed by atoms with Crippen LogP contribution in [0.15, 0.2) is 114 Å². The molecule has 0 atom stereocenters. The quantitative estimate of drug-likeness (QED) is 0.188. The van der Waals surface area contributed by atoms with Crippen molar-refractivity contribution in [3.05, 3.63) is 120 Å². The largest absolute Gasteiger partial charge is 0.496 e. The number of nitrogens with one attached hydrogen (secondary N) is 3. The molecule has 0 fully saturated rings. The molecule has 0 spiro atoms. The van der Waals surface area contributed by atoms with Crippen LogP contribution in [-0.2, 0) is 9.59 Å². The SMILES string of the molecule is COc1ccccc1/C=C(/NC(=O)c1ccccc1)C(=O)Nc1cccc(SCC(=O)Nc2ccccn2)c1. The topological polar surface area (TPSA) is 109 Å². The number of amides is 3. The number of benzene rings is 3. The lowest BCUT2D eigenvalue weighted by molar-refractivity contribution is -0.114. The van der Waals surface area contributed by atoms with Gasteiger partial charge in [-0.25, -0.2) is 4.98 Å². The fourth-order valence-corrected chi connectivity index (χ4v) is 4.27. The van der Waals surface area contributed by atoms with Crippen LogP contribution in [0.25, 0.3) is 6.08 Å². The van der Waals surface area contributed by atoms with Gasteiger partial charge in [-0.3, -0.25) is 14.4 Å². The lowest BCUT2D eigenvalue weighted by atomic mass is 10.1. The number of rotatable bonds is 10. The lowest BCUT2D eigenvalue weighted by Crippen LogP contribution is -2.30. The van der Waals surface area contributed by atoms with Gasteiger partial charge in [0.2, 0.25) is 5.91 Å². The molecule has 0 aliphatic carbocycles. The summed E-state index contributed by atoms with van der Waals surface area (Å²) < 4.78 is 5.40. The first-order valence-corrected chi connectivity index (χ1v) is 13.0. The Balaban J connectivity index is 1.48. The molecule has 0 radical (unpaired) electrons. The van der Waals surface area contributed by atoms with Gasteiger partial charge >= 0.3 is 0 Å². The van der Waals surface area contributed by atoms with Crippen molar-refractivity contribution in [2.24, 2.45) is 0 Å². The van der Waals surface area contributed by atoms with Crippen molar-refractivity contribution in [2.45, 2.75) is 4.90 Å². The van der Waals surface area contributed by atoms with Crippen LogP contribution < -0.4 is 20.7 Å². The standard InChI is InChI=1S/C30H26N4O4S/c1-38-26-15-6-5-12-22(26)18-25(33-29(36)21-10-3-2-4-11-21)30(37)32-23-13-9-14-24(19-23)39-20-28(35)34-27-16-7-8-17-31-27/h2-19H,20H2,1H3,(H,32,37)(H,33,36)(H,31,34,35)/b25-18+. The number of ether oxygens (including phenoxy) is 1. The van der Waals surface area contributed by atoms with Crippen molar-refractivity contribution in [1.82, 2.24) is 10.3 Å². The average molecular weight is 539 g/mol. The highest BCUT2D eigenvalue weighted by molar-refractivity contribution is 8.00. The molecule has 3 aromatic carbocycles. The minimum Gasteiger partial charge on any atom is -0.496 e. The third-order valence-corrected chi connectivity index (χ3v) is 6.36. The normalized spacial score (nSPS) is 10.8. The van der Waals surface area contributed by atoms with Crippen molar-refractivity contribution in [3.8, 4) is 5.75 Å². The summed E-state index contributed by atoms with van der Waals surface area (Å²) >= 11 is 1.32. The Morgan fingerprint density at radius 3 is 2.41 bits per heavy atom. The lowest BCUT2D eigenvalue weighted by Gasteiger charge is -2.13. The van der Waals surface area contributed by atoms with E-state index >= 15 is 0 Å². The van der Waals surface area contributed by atoms with Gasteiger partial charge in [-0.2, -0.15) is 0 Å². The van der Waals surface area contributed by atoms with Gasteiger partial charge in [0.25, 0.3) is 11.8 Å². The molecule has 0 saturated carbocycles. The van der Waals surface area contributed by atoms with E-state index in [1.807, 2.05) is 24.3 Å². The summed E-state index contributed by atoms with van der Waals surface area (Å²) in [5.41, 5.74) is 1.59. The monoisotopic (exact) mass is 538 g/mol. The van der Waals surface area contributed by atoms with E-state index in [0.29, 0.717) is 28.4 Å². The fourth-order valence-electron chi connectivity index (χ4n) is 3.51. The molecule has 0 aliphatic rings. The molecule has 8 nitrogen and oxygen atoms in total. The fraction of sp³-hybridized carbons (Fsp3) is 0.0667. The maximum Gasteiger partial charge on any atom is 0.272 e. The van der Waals surface area contributed by atoms with E-state index in [2.05, 4.69) is 20.9 Å². The van der Waals surface area contributed by atoms with Crippen molar-refractivity contribution >= 4 is 47.1 Å². The minimum absolute atomic E-state index is 0.0427. The number of thioether (sulfide) groups is 1. The van der Waals surface area contributed by atoms with E-state index in [1.54, 1.807) is 85.1 Å². The Morgan fingerprint density at radius 2 is 1.64 bits per heavy atom. The highest BCUT2D eigenvalue weighted by atomic mass is 32.2. The Hall–Kier alpha value is -4.89. The maximum atomic E-state index is 13.4. The van der Waals surface area contributed by atoms with Gasteiger partial charge in [-0.15, -0.1) is 11.8 Å². The minimum atomic E-state index is -0.514. The van der Waals surface area contributed by atoms with Gasteiger partial charge in [0.05, 0.1) is 12.9 Å². The molecular weight excluding hydrogens is 512 g/mol. The van der Waals surface area contributed by atoms with Crippen molar-refractivity contribution in [2.75, 3.05) is 23.5 Å². The number of pyridine rings is 1. The summed E-state index contributed by atoms with van der Waals surface area (Å²) in [6.07, 6.45) is 3.17. The van der Waals surface area contributed by atoms with E-state index in [9.17, 15) is 14.4 Å². The number of anilines is 2. The van der Waals surface area contributed by atoms with Gasteiger partial charge in [0, 0.05) is 27.9 Å². The van der Waals surface area contributed by atoms with Crippen molar-refractivity contribution < 1.29 is 19.1 Å². The van der Waals surface area contributed by atoms with Crippen LogP contribution in [0.4, 0.5) is 11.5 Å². The second-order valence-corrected chi connectivity index (χ2v) is 9.20. The van der Waals surface area contributed by atoms with Crippen molar-refractivity contribution in [3.63, 3.8) is 0 Å². The number of para-hydroxylation sites is 1. The summed E-state index contributed by atoms with van der Waals surface area (Å²) in [5.74, 6) is 0.0735. The summed E-state index contributed by atoms with van der Waals surface area (Å²) in [4.78, 5) is 43.4. The number of carbonyl (C=O) groups is 3. The van der Waals surface area contributed by atoms with Crippen LogP contribution in [0.1, 0.15) is 15.9 Å². The molecule has 4 aromatic rings. The highest BCUT2D eigenvalue weighted by Gasteiger charge is 2.16. The number of hydrogen-bond acceptors (Lipinski definition) is 6. The zero-order valence-corrected chi connectivity index (χ0v) is 21.9. The van der Waals surface area contributed by atoms with E-state index in [4.69, 9.17) is 4.74 Å². The number of hydrogen-bond donors (Lipinski definition) is 3. The van der Waals surface area contributed by atoms with Crippen LogP contribution in [0.5, 0.6) is 5.75 Å². The Labute approximate surface area is 230 Å². The first-order valence-electron chi connectivity index (χ1n) is 12.0. The van der Waals surface area contributed by atoms with E-state index < -0.39 is 11.8 Å². The number of methoxy groups -OCH3 is 1. The number of carbonyl (C=O) groups excluding carboxylic acids is 3. The van der Waals surface area contributed by atoms with Crippen LogP contribution >= 0.6 is 11.8 Å². The molecular formula is C30H26N4O4S. The summed E-state index contributed by atoms with van der Waals surface area (Å²) in [6, 6.07) is 28.2. The summed E-state index contributed by atoms with van der Waals surface area (Å²) in [7, 11) is 1.54. The Bertz CT molecular complexity index is 1480. The van der Waals surface area contributed by atoms with Gasteiger partial charge in [-0.1, -0.05) is 48.5 Å². The number of aromatic nitrogens is 1. The van der Waals surface area contributed by atoms with Gasteiger partial charge in [-0.05, 0) is 54.6 Å². The predicted octanol–water partition coefficient (Wildman–Crippen LogP) is 5.23. The number of nitrogens with zero attached hydrogens (tertiary/aromatic N) is 1. The molecule has 9 heteroatoms. The molecule has 3 amide bonds. The first-order chi connectivity index (χ1) is 19.0. The van der Waals surface area contributed by atoms with Gasteiger partial charge in [0.1, 0.15) is 17.3 Å². The Morgan fingerprint density at radius 1 is 0.872 bits per heavy atom. The van der Waals surface area contributed by atoms with E-state index in [1.165, 1.54) is 18.9 Å². The summed E-state index contributed by atoms with van der Waals surface area (Å²) in [6.45, 7) is 0. The molecule has 39 heavy (non-hydrogen) atoms. The van der Waals surface area contributed by atoms with Crippen LogP contribution in [0.3, 0.4) is 0 Å². The molecule has 0 saturated heterocycles. The van der Waals surface area contributed by atoms with E-state index in [0.717, 1.165) is 4.90 Å². The molecule has 1 heterocycles. The molecule has 0 unspecified atom stereocenters. The second-order valence-electron chi connectivity index (χ2n) is 8.15. The average Bonchev–Trinajstić information content (AvgIpc) is 2.97. The van der Waals surface area contributed by atoms with Crippen LogP contribution in [0.2, 0.25) is 0 Å². The third-order valence-electron chi connectivity index (χ3n) is 5.36. The van der Waals surface area contributed by atoms with Gasteiger partial charge in [0.15, 0.2) is 0 Å². The molecule has 0 bridgehead atoms. The molecule has 1 aromatic heterocycles. The van der Waals surface area contributed by atoms with Crippen LogP contribution in [-0.4, -0.2) is 35.6 Å².